The molecule has 13 heteroatoms. The predicted octanol–water partition coefficient (Wildman–Crippen LogP) is 3.81. The molecule has 0 aromatic carbocycles. The summed E-state index contributed by atoms with van der Waals surface area (Å²) in [7, 11) is 1.82. The zero-order valence-corrected chi connectivity index (χ0v) is 23.7. The Balaban J connectivity index is 1.25. The average Bonchev–Trinajstić information content (AvgIpc) is 3.64. The summed E-state index contributed by atoms with van der Waals surface area (Å²) in [5.74, 6) is -0.644. The minimum Gasteiger partial charge on any atom is -0.444 e. The zero-order chi connectivity index (χ0) is 29.3. The molecule has 1 aliphatic heterocycles. The number of carbonyl (C=O) groups excluding carboxylic acids is 3. The second-order valence-electron chi connectivity index (χ2n) is 11.1. The number of hydrogen-bond acceptors (Lipinski definition) is 8. The van der Waals surface area contributed by atoms with Crippen LogP contribution in [0.4, 0.5) is 16.2 Å². The van der Waals surface area contributed by atoms with Gasteiger partial charge in [0.05, 0.1) is 64.8 Å². The third-order valence-electron chi connectivity index (χ3n) is 6.69. The molecule has 0 bridgehead atoms. The van der Waals surface area contributed by atoms with Crippen LogP contribution in [0.3, 0.4) is 0 Å². The van der Waals surface area contributed by atoms with Crippen LogP contribution in [-0.4, -0.2) is 70.4 Å². The standard InChI is InChI=1S/C28H33N9O4/c1-17-22(34-26(39)21-13-32-37-16-23(30-14-24(21)37)18-11-31-35(5)15-18)9-19(12-29-17)33-25(38)10-20-7-6-8-36(20)27(40)41-28(2,3)4/h9,11-16,20H,6-8,10H2,1-5H3,(H,33,38)(H,34,39)/t20-/m0/s1. The Kier molecular flexibility index (Phi) is 7.43. The number of anilines is 2. The molecule has 0 spiro atoms. The fraction of sp³-hybridized carbons (Fsp3) is 0.393. The summed E-state index contributed by atoms with van der Waals surface area (Å²) in [6.07, 6.45) is 11.1. The van der Waals surface area contributed by atoms with Crippen LogP contribution in [0, 0.1) is 6.92 Å². The number of aryl methyl sites for hydroxylation is 2. The van der Waals surface area contributed by atoms with Crippen molar-refractivity contribution < 1.29 is 19.1 Å². The van der Waals surface area contributed by atoms with Gasteiger partial charge in [0.15, 0.2) is 0 Å². The fourth-order valence-electron chi connectivity index (χ4n) is 4.71. The quantitative estimate of drug-likeness (QED) is 0.362. The Bertz CT molecular complexity index is 1620. The number of hydrogen-bond donors (Lipinski definition) is 2. The van der Waals surface area contributed by atoms with Gasteiger partial charge in [0.1, 0.15) is 5.60 Å². The number of amides is 3. The van der Waals surface area contributed by atoms with E-state index in [-0.39, 0.29) is 24.3 Å². The lowest BCUT2D eigenvalue weighted by Gasteiger charge is -2.28. The van der Waals surface area contributed by atoms with Crippen LogP contribution in [0.15, 0.2) is 43.2 Å². The van der Waals surface area contributed by atoms with Crippen molar-refractivity contribution in [1.82, 2.24) is 34.3 Å². The van der Waals surface area contributed by atoms with Gasteiger partial charge in [-0.3, -0.25) is 24.2 Å². The molecule has 13 nitrogen and oxygen atoms in total. The Morgan fingerprint density at radius 1 is 1.05 bits per heavy atom. The summed E-state index contributed by atoms with van der Waals surface area (Å²) < 4.78 is 8.77. The minimum absolute atomic E-state index is 0.130. The molecule has 3 amide bonds. The lowest BCUT2D eigenvalue weighted by atomic mass is 10.1. The van der Waals surface area contributed by atoms with E-state index in [4.69, 9.17) is 4.74 Å². The molecule has 0 radical (unpaired) electrons. The first-order valence-corrected chi connectivity index (χ1v) is 13.4. The van der Waals surface area contributed by atoms with Gasteiger partial charge in [0.25, 0.3) is 5.91 Å². The van der Waals surface area contributed by atoms with E-state index in [0.29, 0.717) is 40.4 Å². The maximum absolute atomic E-state index is 13.2. The fourth-order valence-corrected chi connectivity index (χ4v) is 4.71. The molecule has 4 aromatic rings. The van der Waals surface area contributed by atoms with Gasteiger partial charge in [0.2, 0.25) is 5.91 Å². The Hall–Kier alpha value is -4.81. The van der Waals surface area contributed by atoms with Gasteiger partial charge in [-0.2, -0.15) is 10.2 Å². The highest BCUT2D eigenvalue weighted by Gasteiger charge is 2.33. The highest BCUT2D eigenvalue weighted by molar-refractivity contribution is 6.09. The number of ether oxygens (including phenoxy) is 1. The summed E-state index contributed by atoms with van der Waals surface area (Å²) in [5.41, 5.74) is 3.24. The Morgan fingerprint density at radius 2 is 1.85 bits per heavy atom. The second kappa shape index (κ2) is 11.0. The first-order chi connectivity index (χ1) is 19.5. The number of rotatable bonds is 6. The molecule has 5 heterocycles. The molecule has 1 aliphatic rings. The number of aromatic nitrogens is 6. The van der Waals surface area contributed by atoms with E-state index < -0.39 is 11.7 Å². The molecule has 1 fully saturated rings. The van der Waals surface area contributed by atoms with Crippen molar-refractivity contribution in [3.63, 3.8) is 0 Å². The minimum atomic E-state index is -0.608. The van der Waals surface area contributed by atoms with Gasteiger partial charge in [0, 0.05) is 37.8 Å². The maximum Gasteiger partial charge on any atom is 0.410 e. The number of nitrogens with one attached hydrogen (secondary N) is 2. The van der Waals surface area contributed by atoms with Crippen LogP contribution >= 0.6 is 0 Å². The lowest BCUT2D eigenvalue weighted by molar-refractivity contribution is -0.117. The molecule has 41 heavy (non-hydrogen) atoms. The smallest absolute Gasteiger partial charge is 0.410 e. The van der Waals surface area contributed by atoms with E-state index >= 15 is 0 Å². The molecule has 1 atom stereocenters. The van der Waals surface area contributed by atoms with Crippen molar-refractivity contribution >= 4 is 34.8 Å². The molecule has 4 aromatic heterocycles. The van der Waals surface area contributed by atoms with E-state index in [1.807, 2.05) is 34.0 Å². The van der Waals surface area contributed by atoms with Gasteiger partial charge < -0.3 is 20.3 Å². The number of fused-ring (bicyclic) bond motifs is 1. The van der Waals surface area contributed by atoms with Crippen LogP contribution in [0.25, 0.3) is 16.8 Å². The number of pyridine rings is 1. The van der Waals surface area contributed by atoms with Crippen LogP contribution in [0.2, 0.25) is 0 Å². The van der Waals surface area contributed by atoms with Gasteiger partial charge in [-0.1, -0.05) is 0 Å². The summed E-state index contributed by atoms with van der Waals surface area (Å²) in [5, 5.41) is 14.2. The van der Waals surface area contributed by atoms with E-state index in [2.05, 4.69) is 30.8 Å². The van der Waals surface area contributed by atoms with Crippen molar-refractivity contribution in [2.75, 3.05) is 17.2 Å². The SMILES string of the molecule is Cc1ncc(NC(=O)C[C@@H]2CCCN2C(=O)OC(C)(C)C)cc1NC(=O)c1cnn2cc(-c3cnn(C)c3)ncc12. The first kappa shape index (κ1) is 27.7. The van der Waals surface area contributed by atoms with Gasteiger partial charge in [-0.05, 0) is 46.6 Å². The molecule has 0 unspecified atom stereocenters. The number of carbonyl (C=O) groups is 3. The third-order valence-corrected chi connectivity index (χ3v) is 6.69. The monoisotopic (exact) mass is 559 g/mol. The molecular weight excluding hydrogens is 526 g/mol. The molecule has 0 saturated carbocycles. The summed E-state index contributed by atoms with van der Waals surface area (Å²) in [6, 6.07) is 1.41. The molecule has 5 rings (SSSR count). The van der Waals surface area contributed by atoms with E-state index in [9.17, 15) is 14.4 Å². The van der Waals surface area contributed by atoms with E-state index in [0.717, 1.165) is 18.4 Å². The topological polar surface area (TPSA) is 149 Å². The van der Waals surface area contributed by atoms with Crippen LogP contribution in [0.1, 0.15) is 56.1 Å². The summed E-state index contributed by atoms with van der Waals surface area (Å²) in [4.78, 5) is 49.1. The largest absolute Gasteiger partial charge is 0.444 e. The highest BCUT2D eigenvalue weighted by atomic mass is 16.6. The average molecular weight is 560 g/mol. The third kappa shape index (κ3) is 6.34. The molecule has 214 valence electrons. The van der Waals surface area contributed by atoms with Gasteiger partial charge in [-0.25, -0.2) is 9.31 Å². The van der Waals surface area contributed by atoms with Crippen molar-refractivity contribution in [2.45, 2.75) is 58.6 Å². The molecule has 1 saturated heterocycles. The van der Waals surface area contributed by atoms with Crippen LogP contribution in [-0.2, 0) is 16.6 Å². The Morgan fingerprint density at radius 3 is 2.59 bits per heavy atom. The lowest BCUT2D eigenvalue weighted by Crippen LogP contribution is -2.41. The van der Waals surface area contributed by atoms with Crippen molar-refractivity contribution in [3.8, 4) is 11.3 Å². The van der Waals surface area contributed by atoms with Crippen molar-refractivity contribution in [3.05, 3.63) is 54.5 Å². The highest BCUT2D eigenvalue weighted by Crippen LogP contribution is 2.25. The number of nitrogens with zero attached hydrogens (tertiary/aromatic N) is 7. The van der Waals surface area contributed by atoms with E-state index in [1.54, 1.807) is 45.7 Å². The van der Waals surface area contributed by atoms with Crippen LogP contribution < -0.4 is 10.6 Å². The summed E-state index contributed by atoms with van der Waals surface area (Å²) >= 11 is 0. The van der Waals surface area contributed by atoms with E-state index in [1.165, 1.54) is 12.4 Å². The first-order valence-electron chi connectivity index (χ1n) is 13.4. The molecular formula is C28H33N9O4. The van der Waals surface area contributed by atoms with Gasteiger partial charge in [-0.15, -0.1) is 0 Å². The zero-order valence-electron chi connectivity index (χ0n) is 23.7. The van der Waals surface area contributed by atoms with Crippen molar-refractivity contribution in [1.29, 1.82) is 0 Å². The Labute approximate surface area is 236 Å². The molecule has 2 N–H and O–H groups in total. The second-order valence-corrected chi connectivity index (χ2v) is 11.1. The van der Waals surface area contributed by atoms with Crippen LogP contribution in [0.5, 0.6) is 0 Å². The number of likely N-dealkylation sites (tertiary alicyclic amines) is 1. The summed E-state index contributed by atoms with van der Waals surface area (Å²) in [6.45, 7) is 7.76. The maximum atomic E-state index is 13.2. The van der Waals surface area contributed by atoms with Crippen molar-refractivity contribution in [2.24, 2.45) is 7.05 Å². The molecule has 0 aliphatic carbocycles. The predicted molar refractivity (Wildman–Crippen MR) is 151 cm³/mol. The van der Waals surface area contributed by atoms with Gasteiger partial charge >= 0.3 is 6.09 Å². The normalized spacial score (nSPS) is 15.2.